The van der Waals surface area contributed by atoms with Gasteiger partial charge in [-0.25, -0.2) is 0 Å². The van der Waals surface area contributed by atoms with Crippen LogP contribution < -0.4 is 10.6 Å². The topological polar surface area (TPSA) is 61.4 Å². The highest BCUT2D eigenvalue weighted by Gasteiger charge is 2.43. The highest BCUT2D eigenvalue weighted by atomic mass is 16.2. The number of rotatable bonds is 8. The van der Waals surface area contributed by atoms with Crippen molar-refractivity contribution in [2.45, 2.75) is 57.0 Å². The quantitative estimate of drug-likeness (QED) is 0.757. The Morgan fingerprint density at radius 1 is 1.32 bits per heavy atom. The second kappa shape index (κ2) is 8.00. The number of carbonyl (C=O) groups excluding carboxylic acids is 2. The second-order valence-electron chi connectivity index (χ2n) is 7.36. The molecule has 1 heterocycles. The molecule has 1 aliphatic heterocycles. The Hall–Kier alpha value is -1.88. The molecule has 3 rings (SSSR count). The van der Waals surface area contributed by atoms with Gasteiger partial charge in [0.1, 0.15) is 0 Å². The number of nitrogens with zero attached hydrogens (tertiary/aromatic N) is 1. The molecule has 25 heavy (non-hydrogen) atoms. The summed E-state index contributed by atoms with van der Waals surface area (Å²) in [6.07, 6.45) is 5.40. The fourth-order valence-corrected chi connectivity index (χ4v) is 3.76. The Morgan fingerprint density at radius 2 is 2.08 bits per heavy atom. The van der Waals surface area contributed by atoms with E-state index < -0.39 is 0 Å². The lowest BCUT2D eigenvalue weighted by atomic mass is 10.0. The van der Waals surface area contributed by atoms with Crippen molar-refractivity contribution in [2.24, 2.45) is 0 Å². The predicted molar refractivity (Wildman–Crippen MR) is 98.1 cm³/mol. The number of amides is 2. The molecule has 2 aliphatic rings. The number of nitrogens with one attached hydrogen (secondary N) is 2. The molecule has 0 spiro atoms. The van der Waals surface area contributed by atoms with Gasteiger partial charge in [-0.2, -0.15) is 0 Å². The van der Waals surface area contributed by atoms with Gasteiger partial charge in [-0.15, -0.1) is 0 Å². The fourth-order valence-electron chi connectivity index (χ4n) is 3.76. The molecule has 5 nitrogen and oxygen atoms in total. The smallest absolute Gasteiger partial charge is 0.237 e. The Labute approximate surface area is 150 Å². The lowest BCUT2D eigenvalue weighted by Gasteiger charge is -2.35. The van der Waals surface area contributed by atoms with Gasteiger partial charge in [0.15, 0.2) is 0 Å². The maximum atomic E-state index is 12.5. The van der Waals surface area contributed by atoms with Gasteiger partial charge < -0.3 is 10.6 Å². The second-order valence-corrected chi connectivity index (χ2v) is 7.36. The largest absolute Gasteiger partial charge is 0.353 e. The van der Waals surface area contributed by atoms with E-state index in [4.69, 9.17) is 0 Å². The summed E-state index contributed by atoms with van der Waals surface area (Å²) in [6.45, 7) is 4.41. The molecule has 1 unspecified atom stereocenters. The van der Waals surface area contributed by atoms with Crippen LogP contribution in [0.4, 0.5) is 0 Å². The molecule has 1 aromatic carbocycles. The van der Waals surface area contributed by atoms with E-state index >= 15 is 0 Å². The first-order chi connectivity index (χ1) is 12.1. The third-order valence-electron chi connectivity index (χ3n) is 5.34. The van der Waals surface area contributed by atoms with Gasteiger partial charge in [-0.05, 0) is 31.2 Å². The SMILES string of the molecule is CCCC1(NC(=O)CC2C(=O)NCCN2CCc2ccccc2)CC1. The van der Waals surface area contributed by atoms with Crippen LogP contribution >= 0.6 is 0 Å². The van der Waals surface area contributed by atoms with Crippen molar-refractivity contribution in [3.8, 4) is 0 Å². The lowest BCUT2D eigenvalue weighted by molar-refractivity contribution is -0.134. The zero-order chi connectivity index (χ0) is 17.7. The Morgan fingerprint density at radius 3 is 2.76 bits per heavy atom. The Balaban J connectivity index is 1.56. The van der Waals surface area contributed by atoms with E-state index in [-0.39, 0.29) is 29.8 Å². The summed E-state index contributed by atoms with van der Waals surface area (Å²) >= 11 is 0. The van der Waals surface area contributed by atoms with Crippen LogP contribution in [0.15, 0.2) is 30.3 Å². The summed E-state index contributed by atoms with van der Waals surface area (Å²) in [4.78, 5) is 27.0. The first-order valence-electron chi connectivity index (χ1n) is 9.48. The van der Waals surface area contributed by atoms with Gasteiger partial charge in [-0.1, -0.05) is 43.7 Å². The highest BCUT2D eigenvalue weighted by Crippen LogP contribution is 2.39. The molecular formula is C20H29N3O2. The first-order valence-corrected chi connectivity index (χ1v) is 9.48. The van der Waals surface area contributed by atoms with E-state index in [0.29, 0.717) is 6.54 Å². The number of hydrogen-bond acceptors (Lipinski definition) is 3. The summed E-state index contributed by atoms with van der Waals surface area (Å²) in [5, 5.41) is 6.09. The summed E-state index contributed by atoms with van der Waals surface area (Å²) in [5.41, 5.74) is 1.28. The Bertz CT molecular complexity index is 598. The molecule has 1 saturated carbocycles. The third-order valence-corrected chi connectivity index (χ3v) is 5.34. The molecule has 2 amide bonds. The Kier molecular flexibility index (Phi) is 5.74. The summed E-state index contributed by atoms with van der Waals surface area (Å²) in [6, 6.07) is 9.93. The van der Waals surface area contributed by atoms with Crippen LogP contribution in [0.1, 0.15) is 44.6 Å². The maximum Gasteiger partial charge on any atom is 0.237 e. The van der Waals surface area contributed by atoms with Gasteiger partial charge in [0.25, 0.3) is 0 Å². The van der Waals surface area contributed by atoms with Crippen LogP contribution in [0.25, 0.3) is 0 Å². The van der Waals surface area contributed by atoms with Crippen molar-refractivity contribution in [3.05, 3.63) is 35.9 Å². The van der Waals surface area contributed by atoms with E-state index in [2.05, 4.69) is 34.6 Å². The summed E-state index contributed by atoms with van der Waals surface area (Å²) in [5.74, 6) is -0.00693. The average molecular weight is 343 g/mol. The molecule has 0 radical (unpaired) electrons. The van der Waals surface area contributed by atoms with Gasteiger partial charge in [-0.3, -0.25) is 14.5 Å². The highest BCUT2D eigenvalue weighted by molar-refractivity contribution is 5.89. The van der Waals surface area contributed by atoms with E-state index in [1.807, 2.05) is 18.2 Å². The van der Waals surface area contributed by atoms with Crippen molar-refractivity contribution in [3.63, 3.8) is 0 Å². The van der Waals surface area contributed by atoms with E-state index in [1.165, 1.54) is 5.56 Å². The molecule has 2 fully saturated rings. The lowest BCUT2D eigenvalue weighted by Crippen LogP contribution is -2.57. The molecule has 1 atom stereocenters. The van der Waals surface area contributed by atoms with E-state index in [0.717, 1.165) is 45.2 Å². The van der Waals surface area contributed by atoms with Crippen LogP contribution in [0.2, 0.25) is 0 Å². The van der Waals surface area contributed by atoms with Crippen LogP contribution in [0.5, 0.6) is 0 Å². The van der Waals surface area contributed by atoms with Crippen molar-refractivity contribution < 1.29 is 9.59 Å². The molecular weight excluding hydrogens is 314 g/mol. The summed E-state index contributed by atoms with van der Waals surface area (Å²) in [7, 11) is 0. The van der Waals surface area contributed by atoms with Crippen LogP contribution in [0.3, 0.4) is 0 Å². The van der Waals surface area contributed by atoms with E-state index in [9.17, 15) is 9.59 Å². The first kappa shape index (κ1) is 17.9. The maximum absolute atomic E-state index is 12.5. The zero-order valence-corrected chi connectivity index (χ0v) is 15.1. The van der Waals surface area contributed by atoms with Crippen molar-refractivity contribution >= 4 is 11.8 Å². The molecule has 1 aliphatic carbocycles. The number of hydrogen-bond donors (Lipinski definition) is 2. The third kappa shape index (κ3) is 4.82. The van der Waals surface area contributed by atoms with Crippen molar-refractivity contribution in [1.29, 1.82) is 0 Å². The molecule has 2 N–H and O–H groups in total. The molecule has 0 bridgehead atoms. The molecule has 1 aromatic rings. The minimum Gasteiger partial charge on any atom is -0.353 e. The normalized spacial score (nSPS) is 22.3. The van der Waals surface area contributed by atoms with Crippen molar-refractivity contribution in [1.82, 2.24) is 15.5 Å². The average Bonchev–Trinajstić information content (AvgIpc) is 3.35. The summed E-state index contributed by atoms with van der Waals surface area (Å²) < 4.78 is 0. The fraction of sp³-hybridized carbons (Fsp3) is 0.600. The minimum atomic E-state index is -0.352. The van der Waals surface area contributed by atoms with Gasteiger partial charge in [0.2, 0.25) is 11.8 Å². The number of carbonyl (C=O) groups is 2. The van der Waals surface area contributed by atoms with Crippen LogP contribution in [-0.4, -0.2) is 47.9 Å². The standard InChI is InChI=1S/C20H29N3O2/c1-2-9-20(10-11-20)22-18(24)15-17-19(25)21-12-14-23(17)13-8-16-6-4-3-5-7-16/h3-7,17H,2,8-15H2,1H3,(H,21,25)(H,22,24). The van der Waals surface area contributed by atoms with Gasteiger partial charge in [0, 0.05) is 25.2 Å². The van der Waals surface area contributed by atoms with Gasteiger partial charge in [0.05, 0.1) is 12.5 Å². The van der Waals surface area contributed by atoms with Crippen LogP contribution in [-0.2, 0) is 16.0 Å². The monoisotopic (exact) mass is 343 g/mol. The molecule has 5 heteroatoms. The van der Waals surface area contributed by atoms with Gasteiger partial charge >= 0.3 is 0 Å². The number of benzene rings is 1. The number of piperazine rings is 1. The minimum absolute atomic E-state index is 0.0118. The van der Waals surface area contributed by atoms with Crippen LogP contribution in [0, 0.1) is 0 Å². The molecule has 0 aromatic heterocycles. The molecule has 1 saturated heterocycles. The predicted octanol–water partition coefficient (Wildman–Crippen LogP) is 1.87. The van der Waals surface area contributed by atoms with E-state index in [1.54, 1.807) is 0 Å². The zero-order valence-electron chi connectivity index (χ0n) is 15.1. The van der Waals surface area contributed by atoms with Crippen molar-refractivity contribution in [2.75, 3.05) is 19.6 Å². The molecule has 136 valence electrons.